The summed E-state index contributed by atoms with van der Waals surface area (Å²) in [6.07, 6.45) is 0. The van der Waals surface area contributed by atoms with E-state index in [9.17, 15) is 8.78 Å². The Morgan fingerprint density at radius 1 is 1.30 bits per heavy atom. The van der Waals surface area contributed by atoms with Gasteiger partial charge in [0, 0.05) is 43.8 Å². The summed E-state index contributed by atoms with van der Waals surface area (Å²) in [6.45, 7) is 6.60. The van der Waals surface area contributed by atoms with Crippen LogP contribution in [0.1, 0.15) is 24.1 Å². The summed E-state index contributed by atoms with van der Waals surface area (Å²) in [5.74, 6) is -0.697. The number of nitrogens with zero attached hydrogens (tertiary/aromatic N) is 2. The van der Waals surface area contributed by atoms with Gasteiger partial charge in [0.15, 0.2) is 0 Å². The fraction of sp³-hybridized carbons (Fsp3) is 0.600. The van der Waals surface area contributed by atoms with Crippen molar-refractivity contribution in [3.05, 3.63) is 34.9 Å². The zero-order chi connectivity index (χ0) is 14.9. The molecule has 0 spiro atoms. The van der Waals surface area contributed by atoms with Crippen LogP contribution in [-0.4, -0.2) is 49.1 Å². The fourth-order valence-electron chi connectivity index (χ4n) is 2.90. The summed E-state index contributed by atoms with van der Waals surface area (Å²) < 4.78 is 27.8. The molecular formula is C15H23F2N3. The average molecular weight is 283 g/mol. The molecule has 2 atom stereocenters. The van der Waals surface area contributed by atoms with Gasteiger partial charge in [0.2, 0.25) is 0 Å². The maximum absolute atomic E-state index is 14.1. The average Bonchev–Trinajstić information content (AvgIpc) is 2.42. The number of hydrogen-bond donors (Lipinski definition) is 1. The van der Waals surface area contributed by atoms with Crippen LogP contribution in [0.25, 0.3) is 0 Å². The second-order valence-corrected chi connectivity index (χ2v) is 5.69. The summed E-state index contributed by atoms with van der Waals surface area (Å²) in [6, 6.07) is 2.59. The highest BCUT2D eigenvalue weighted by Crippen LogP contribution is 2.28. The molecule has 112 valence electrons. The zero-order valence-corrected chi connectivity index (χ0v) is 12.4. The summed E-state index contributed by atoms with van der Waals surface area (Å²) in [7, 11) is 2.05. The van der Waals surface area contributed by atoms with Gasteiger partial charge in [0.05, 0.1) is 0 Å². The maximum atomic E-state index is 14.1. The third-order valence-electron chi connectivity index (χ3n) is 4.23. The van der Waals surface area contributed by atoms with E-state index in [1.54, 1.807) is 6.92 Å². The van der Waals surface area contributed by atoms with Crippen LogP contribution in [0.5, 0.6) is 0 Å². The Labute approximate surface area is 119 Å². The van der Waals surface area contributed by atoms with Crippen molar-refractivity contribution >= 4 is 0 Å². The number of likely N-dealkylation sites (N-methyl/N-ethyl adjacent to an activating group) is 1. The first kappa shape index (κ1) is 15.4. The third kappa shape index (κ3) is 3.00. The minimum absolute atomic E-state index is 0.174. The van der Waals surface area contributed by atoms with Gasteiger partial charge in [0.25, 0.3) is 0 Å². The van der Waals surface area contributed by atoms with Gasteiger partial charge >= 0.3 is 0 Å². The van der Waals surface area contributed by atoms with E-state index in [2.05, 4.69) is 16.8 Å². The van der Waals surface area contributed by atoms with E-state index in [1.165, 1.54) is 12.1 Å². The lowest BCUT2D eigenvalue weighted by atomic mass is 10.0. The van der Waals surface area contributed by atoms with Gasteiger partial charge in [-0.15, -0.1) is 0 Å². The smallest absolute Gasteiger partial charge is 0.128 e. The predicted molar refractivity (Wildman–Crippen MR) is 76.6 cm³/mol. The third-order valence-corrected chi connectivity index (χ3v) is 4.23. The number of nitrogens with two attached hydrogens (primary N) is 1. The normalized spacial score (nSPS) is 23.0. The van der Waals surface area contributed by atoms with Crippen molar-refractivity contribution in [2.45, 2.75) is 25.9 Å². The van der Waals surface area contributed by atoms with Gasteiger partial charge in [0.1, 0.15) is 11.6 Å². The van der Waals surface area contributed by atoms with E-state index in [0.717, 1.165) is 19.6 Å². The molecule has 1 aromatic carbocycles. The highest BCUT2D eigenvalue weighted by atomic mass is 19.1. The molecule has 1 saturated heterocycles. The molecule has 5 heteroatoms. The molecule has 1 aliphatic heterocycles. The van der Waals surface area contributed by atoms with Crippen molar-refractivity contribution in [1.82, 2.24) is 9.80 Å². The first-order chi connectivity index (χ1) is 9.43. The van der Waals surface area contributed by atoms with Crippen LogP contribution >= 0.6 is 0 Å². The number of rotatable bonds is 3. The molecule has 3 nitrogen and oxygen atoms in total. The molecule has 2 rings (SSSR count). The Hall–Kier alpha value is -1.04. The van der Waals surface area contributed by atoms with E-state index >= 15 is 0 Å². The largest absolute Gasteiger partial charge is 0.329 e. The minimum Gasteiger partial charge on any atom is -0.329 e. The number of benzene rings is 1. The first-order valence-corrected chi connectivity index (χ1v) is 7.04. The van der Waals surface area contributed by atoms with Crippen LogP contribution in [0.4, 0.5) is 8.78 Å². The molecule has 1 fully saturated rings. The molecule has 20 heavy (non-hydrogen) atoms. The number of hydrogen-bond acceptors (Lipinski definition) is 3. The summed E-state index contributed by atoms with van der Waals surface area (Å²) in [5.41, 5.74) is 6.58. The molecule has 0 aromatic heterocycles. The predicted octanol–water partition coefficient (Wildman–Crippen LogP) is 1.91. The lowest BCUT2D eigenvalue weighted by Gasteiger charge is -2.43. The molecule has 0 aliphatic carbocycles. The van der Waals surface area contributed by atoms with Gasteiger partial charge in [-0.25, -0.2) is 8.78 Å². The summed E-state index contributed by atoms with van der Waals surface area (Å²) in [5, 5.41) is 0. The molecule has 2 unspecified atom stereocenters. The van der Waals surface area contributed by atoms with E-state index < -0.39 is 0 Å². The quantitative estimate of drug-likeness (QED) is 0.920. The monoisotopic (exact) mass is 283 g/mol. The van der Waals surface area contributed by atoms with Crippen molar-refractivity contribution < 1.29 is 8.78 Å². The van der Waals surface area contributed by atoms with Crippen molar-refractivity contribution in [3.8, 4) is 0 Å². The van der Waals surface area contributed by atoms with Crippen LogP contribution in [0.3, 0.4) is 0 Å². The Kier molecular flexibility index (Phi) is 4.73. The number of piperazine rings is 1. The Morgan fingerprint density at radius 2 is 2.00 bits per heavy atom. The van der Waals surface area contributed by atoms with Gasteiger partial charge in [-0.1, -0.05) is 0 Å². The van der Waals surface area contributed by atoms with E-state index in [4.69, 9.17) is 5.73 Å². The molecule has 0 bridgehead atoms. The summed E-state index contributed by atoms with van der Waals surface area (Å²) in [4.78, 5) is 4.39. The lowest BCUT2D eigenvalue weighted by molar-refractivity contribution is 0.0607. The van der Waals surface area contributed by atoms with Crippen molar-refractivity contribution in [2.75, 3.05) is 33.2 Å². The first-order valence-electron chi connectivity index (χ1n) is 7.04. The van der Waals surface area contributed by atoms with Crippen LogP contribution in [0, 0.1) is 18.6 Å². The highest BCUT2D eigenvalue weighted by molar-refractivity contribution is 5.27. The summed E-state index contributed by atoms with van der Waals surface area (Å²) >= 11 is 0. The molecule has 0 radical (unpaired) electrons. The maximum Gasteiger partial charge on any atom is 0.128 e. The zero-order valence-electron chi connectivity index (χ0n) is 12.4. The molecule has 0 amide bonds. The van der Waals surface area contributed by atoms with Crippen molar-refractivity contribution in [1.29, 1.82) is 0 Å². The van der Waals surface area contributed by atoms with Crippen LogP contribution in [-0.2, 0) is 0 Å². The Balaban J connectivity index is 2.26. The van der Waals surface area contributed by atoms with Crippen molar-refractivity contribution in [2.24, 2.45) is 5.73 Å². The molecule has 1 aliphatic rings. The van der Waals surface area contributed by atoms with Crippen LogP contribution < -0.4 is 5.73 Å². The van der Waals surface area contributed by atoms with Crippen LogP contribution in [0.15, 0.2) is 12.1 Å². The molecule has 2 N–H and O–H groups in total. The SMILES string of the molecule is Cc1cc(F)c(C(C)N2CCN(C)CC2CN)cc1F. The Morgan fingerprint density at radius 3 is 2.65 bits per heavy atom. The van der Waals surface area contributed by atoms with E-state index in [0.29, 0.717) is 17.7 Å². The highest BCUT2D eigenvalue weighted by Gasteiger charge is 2.30. The standard InChI is InChI=1S/C15H23F2N3/c1-10-6-15(17)13(7-14(10)16)11(2)20-5-4-19(3)9-12(20)8-18/h6-7,11-12H,4-5,8-9,18H2,1-3H3. The van der Waals surface area contributed by atoms with Crippen LogP contribution in [0.2, 0.25) is 0 Å². The number of halogens is 2. The number of aryl methyl sites for hydroxylation is 1. The molecular weight excluding hydrogens is 260 g/mol. The van der Waals surface area contributed by atoms with Gasteiger partial charge in [-0.2, -0.15) is 0 Å². The van der Waals surface area contributed by atoms with Crippen molar-refractivity contribution in [3.63, 3.8) is 0 Å². The van der Waals surface area contributed by atoms with Gasteiger partial charge < -0.3 is 10.6 Å². The fourth-order valence-corrected chi connectivity index (χ4v) is 2.90. The molecule has 0 saturated carbocycles. The Bertz CT molecular complexity index is 478. The minimum atomic E-state index is -0.355. The molecule has 1 heterocycles. The van der Waals surface area contributed by atoms with Gasteiger partial charge in [-0.05, 0) is 38.6 Å². The lowest BCUT2D eigenvalue weighted by Crippen LogP contribution is -2.55. The van der Waals surface area contributed by atoms with E-state index in [1.807, 2.05) is 6.92 Å². The topological polar surface area (TPSA) is 32.5 Å². The van der Waals surface area contributed by atoms with E-state index in [-0.39, 0.29) is 23.7 Å². The second-order valence-electron chi connectivity index (χ2n) is 5.69. The van der Waals surface area contributed by atoms with Gasteiger partial charge in [-0.3, -0.25) is 4.90 Å². The second kappa shape index (κ2) is 6.16. The molecule has 1 aromatic rings.